The number of rotatable bonds is 2. The van der Waals surface area contributed by atoms with Gasteiger partial charge in [-0.15, -0.1) is 0 Å². The zero-order chi connectivity index (χ0) is 10.8. The monoisotopic (exact) mass is 328 g/mol. The first kappa shape index (κ1) is 10.9. The summed E-state index contributed by atoms with van der Waals surface area (Å²) in [6.07, 6.45) is 1.96. The fourth-order valence-electron chi connectivity index (χ4n) is 1.35. The fourth-order valence-corrected chi connectivity index (χ4v) is 2.09. The van der Waals surface area contributed by atoms with Gasteiger partial charge < -0.3 is 0 Å². The van der Waals surface area contributed by atoms with E-state index in [2.05, 4.69) is 62.1 Å². The van der Waals surface area contributed by atoms with Crippen LogP contribution in [0.1, 0.15) is 11.1 Å². The number of hydrogen-bond acceptors (Lipinski definition) is 1. The van der Waals surface area contributed by atoms with Gasteiger partial charge in [-0.1, -0.05) is 28.1 Å². The van der Waals surface area contributed by atoms with Crippen molar-refractivity contribution >= 4 is 31.9 Å². The van der Waals surface area contributed by atoms with Crippen LogP contribution in [0.5, 0.6) is 0 Å². The molecule has 0 spiro atoms. The summed E-state index contributed by atoms with van der Waals surface area (Å²) in [4.78, 5) is 0. The van der Waals surface area contributed by atoms with Gasteiger partial charge in [0.25, 0.3) is 0 Å². The predicted octanol–water partition coefficient (Wildman–Crippen LogP) is 3.76. The van der Waals surface area contributed by atoms with Crippen molar-refractivity contribution in [3.05, 3.63) is 50.7 Å². The average molecular weight is 330 g/mol. The van der Waals surface area contributed by atoms with Crippen molar-refractivity contribution in [3.8, 4) is 0 Å². The van der Waals surface area contributed by atoms with Crippen molar-refractivity contribution in [2.75, 3.05) is 0 Å². The quantitative estimate of drug-likeness (QED) is 0.820. The maximum absolute atomic E-state index is 4.28. The summed E-state index contributed by atoms with van der Waals surface area (Å²) >= 11 is 6.86. The molecular formula is C11H10Br2N2. The number of aryl methyl sites for hydroxylation is 1. The predicted molar refractivity (Wildman–Crippen MR) is 67.9 cm³/mol. The van der Waals surface area contributed by atoms with E-state index < -0.39 is 0 Å². The second-order valence-corrected chi connectivity index (χ2v) is 5.09. The lowest BCUT2D eigenvalue weighted by atomic mass is 10.1. The molecule has 2 rings (SSSR count). The summed E-state index contributed by atoms with van der Waals surface area (Å²) < 4.78 is 3.92. The third-order valence-corrected chi connectivity index (χ3v) is 3.47. The Balaban J connectivity index is 2.21. The third-order valence-electron chi connectivity index (χ3n) is 2.19. The number of nitrogens with zero attached hydrogens (tertiary/aromatic N) is 2. The van der Waals surface area contributed by atoms with Crippen LogP contribution in [0.3, 0.4) is 0 Å². The highest BCUT2D eigenvalue weighted by Gasteiger charge is 2.00. The van der Waals surface area contributed by atoms with Crippen molar-refractivity contribution in [1.29, 1.82) is 0 Å². The first-order chi connectivity index (χ1) is 7.15. The molecular weight excluding hydrogens is 320 g/mol. The molecule has 2 aromatic rings. The molecule has 0 saturated carbocycles. The highest BCUT2D eigenvalue weighted by Crippen LogP contribution is 2.18. The Bertz CT molecular complexity index is 477. The maximum atomic E-state index is 4.28. The van der Waals surface area contributed by atoms with Gasteiger partial charge in [-0.3, -0.25) is 4.68 Å². The van der Waals surface area contributed by atoms with Crippen LogP contribution in [0, 0.1) is 6.92 Å². The number of halogens is 2. The number of benzene rings is 1. The molecule has 0 unspecified atom stereocenters. The Morgan fingerprint density at radius 1 is 1.27 bits per heavy atom. The van der Waals surface area contributed by atoms with Crippen LogP contribution in [-0.2, 0) is 6.54 Å². The molecule has 0 amide bonds. The molecule has 0 bridgehead atoms. The maximum Gasteiger partial charge on any atom is 0.128 e. The Kier molecular flexibility index (Phi) is 3.26. The normalized spacial score (nSPS) is 10.6. The van der Waals surface area contributed by atoms with Gasteiger partial charge in [0.1, 0.15) is 4.60 Å². The molecule has 1 aromatic heterocycles. The summed E-state index contributed by atoms with van der Waals surface area (Å²) in [6.45, 7) is 2.88. The molecule has 0 atom stereocenters. The van der Waals surface area contributed by atoms with Gasteiger partial charge in [0.15, 0.2) is 0 Å². The van der Waals surface area contributed by atoms with Crippen LogP contribution in [-0.4, -0.2) is 9.78 Å². The lowest BCUT2D eigenvalue weighted by molar-refractivity contribution is 0.681. The van der Waals surface area contributed by atoms with Gasteiger partial charge >= 0.3 is 0 Å². The zero-order valence-corrected chi connectivity index (χ0v) is 11.4. The number of aromatic nitrogens is 2. The van der Waals surface area contributed by atoms with Gasteiger partial charge in [0.2, 0.25) is 0 Å². The molecule has 78 valence electrons. The molecule has 0 aliphatic rings. The molecule has 0 radical (unpaired) electrons. The van der Waals surface area contributed by atoms with Crippen LogP contribution in [0.2, 0.25) is 0 Å². The molecule has 1 aromatic carbocycles. The first-order valence-corrected chi connectivity index (χ1v) is 6.18. The third kappa shape index (κ3) is 2.69. The Morgan fingerprint density at radius 2 is 2.07 bits per heavy atom. The first-order valence-electron chi connectivity index (χ1n) is 4.59. The molecule has 2 nitrogen and oxygen atoms in total. The fraction of sp³-hybridized carbons (Fsp3) is 0.182. The molecule has 4 heteroatoms. The van der Waals surface area contributed by atoms with E-state index in [1.807, 2.05) is 16.9 Å². The Hall–Kier alpha value is -0.610. The zero-order valence-electron chi connectivity index (χ0n) is 8.24. The summed E-state index contributed by atoms with van der Waals surface area (Å²) in [5.41, 5.74) is 2.49. The summed E-state index contributed by atoms with van der Waals surface area (Å²) in [5, 5.41) is 4.28. The lowest BCUT2D eigenvalue weighted by Crippen LogP contribution is -2.00. The van der Waals surface area contributed by atoms with E-state index in [1.165, 1.54) is 11.1 Å². The summed E-state index contributed by atoms with van der Waals surface area (Å²) in [5.74, 6) is 0. The molecule has 0 fully saturated rings. The van der Waals surface area contributed by atoms with Crippen molar-refractivity contribution in [2.45, 2.75) is 13.5 Å². The van der Waals surface area contributed by atoms with Gasteiger partial charge in [-0.25, -0.2) is 0 Å². The minimum atomic E-state index is 0.796. The standard InChI is InChI=1S/C11H10Br2N2/c1-8-2-3-9(6-10(8)12)7-15-5-4-11(13)14-15/h2-6H,7H2,1H3. The molecule has 1 heterocycles. The van der Waals surface area contributed by atoms with Gasteiger partial charge in [-0.2, -0.15) is 5.10 Å². The molecule has 0 saturated heterocycles. The van der Waals surface area contributed by atoms with Gasteiger partial charge in [0, 0.05) is 10.7 Å². The van der Waals surface area contributed by atoms with Crippen molar-refractivity contribution in [1.82, 2.24) is 9.78 Å². The van der Waals surface area contributed by atoms with Crippen LogP contribution < -0.4 is 0 Å². The van der Waals surface area contributed by atoms with E-state index in [9.17, 15) is 0 Å². The van der Waals surface area contributed by atoms with Gasteiger partial charge in [-0.05, 0) is 46.1 Å². The van der Waals surface area contributed by atoms with E-state index in [0.717, 1.165) is 15.6 Å². The minimum Gasteiger partial charge on any atom is -0.267 e. The Morgan fingerprint density at radius 3 is 2.67 bits per heavy atom. The molecule has 0 aliphatic carbocycles. The van der Waals surface area contributed by atoms with E-state index in [4.69, 9.17) is 0 Å². The molecule has 15 heavy (non-hydrogen) atoms. The largest absolute Gasteiger partial charge is 0.267 e. The second-order valence-electron chi connectivity index (χ2n) is 3.42. The Labute approximate surface area is 106 Å². The smallest absolute Gasteiger partial charge is 0.128 e. The molecule has 0 N–H and O–H groups in total. The minimum absolute atomic E-state index is 0.796. The summed E-state index contributed by atoms with van der Waals surface area (Å²) in [6, 6.07) is 8.29. The number of hydrogen-bond donors (Lipinski definition) is 0. The average Bonchev–Trinajstić information content (AvgIpc) is 2.58. The van der Waals surface area contributed by atoms with Crippen LogP contribution in [0.25, 0.3) is 0 Å². The van der Waals surface area contributed by atoms with Crippen LogP contribution in [0.4, 0.5) is 0 Å². The lowest BCUT2D eigenvalue weighted by Gasteiger charge is -2.04. The summed E-state index contributed by atoms with van der Waals surface area (Å²) in [7, 11) is 0. The van der Waals surface area contributed by atoms with E-state index in [1.54, 1.807) is 0 Å². The van der Waals surface area contributed by atoms with E-state index >= 15 is 0 Å². The topological polar surface area (TPSA) is 17.8 Å². The van der Waals surface area contributed by atoms with Crippen molar-refractivity contribution < 1.29 is 0 Å². The van der Waals surface area contributed by atoms with Crippen LogP contribution in [0.15, 0.2) is 39.5 Å². The highest BCUT2D eigenvalue weighted by atomic mass is 79.9. The van der Waals surface area contributed by atoms with Crippen molar-refractivity contribution in [3.63, 3.8) is 0 Å². The molecule has 0 aliphatic heterocycles. The second kappa shape index (κ2) is 4.49. The van der Waals surface area contributed by atoms with Crippen LogP contribution >= 0.6 is 31.9 Å². The van der Waals surface area contributed by atoms with Crippen molar-refractivity contribution in [2.24, 2.45) is 0 Å². The van der Waals surface area contributed by atoms with E-state index in [-0.39, 0.29) is 0 Å². The van der Waals surface area contributed by atoms with E-state index in [0.29, 0.717) is 0 Å². The SMILES string of the molecule is Cc1ccc(Cn2ccc(Br)n2)cc1Br. The highest BCUT2D eigenvalue weighted by molar-refractivity contribution is 9.10. The van der Waals surface area contributed by atoms with Gasteiger partial charge in [0.05, 0.1) is 6.54 Å².